The molecule has 2 atom stereocenters. The van der Waals surface area contributed by atoms with Crippen LogP contribution in [0.1, 0.15) is 38.2 Å². The van der Waals surface area contributed by atoms with Gasteiger partial charge in [-0.1, -0.05) is 60.8 Å². The third kappa shape index (κ3) is 3.35. The van der Waals surface area contributed by atoms with Gasteiger partial charge in [0.25, 0.3) is 0 Å². The molecule has 1 aromatic carbocycles. The monoisotopic (exact) mass is 339 g/mol. The van der Waals surface area contributed by atoms with Crippen molar-refractivity contribution in [1.82, 2.24) is 5.32 Å². The topological polar surface area (TPSA) is 38.3 Å². The van der Waals surface area contributed by atoms with Gasteiger partial charge in [-0.15, -0.1) is 0 Å². The maximum absolute atomic E-state index is 12.3. The minimum atomic E-state index is -0.174. The number of carbonyl (C=O) groups is 1. The van der Waals surface area contributed by atoms with Crippen LogP contribution in [0.5, 0.6) is 5.75 Å². The lowest BCUT2D eigenvalue weighted by molar-refractivity contribution is -0.122. The van der Waals surface area contributed by atoms with Gasteiger partial charge in [-0.3, -0.25) is 4.79 Å². The average molecular weight is 340 g/mol. The maximum Gasteiger partial charge on any atom is 0.231 e. The van der Waals surface area contributed by atoms with Crippen molar-refractivity contribution in [1.29, 1.82) is 0 Å². The molecule has 1 aliphatic rings. The van der Waals surface area contributed by atoms with Crippen molar-refractivity contribution in [3.63, 3.8) is 0 Å². The summed E-state index contributed by atoms with van der Waals surface area (Å²) in [6.07, 6.45) is 2.25. The maximum atomic E-state index is 12.3. The van der Waals surface area contributed by atoms with E-state index in [1.165, 1.54) is 0 Å². The van der Waals surface area contributed by atoms with Crippen LogP contribution in [-0.2, 0) is 4.79 Å². The smallest absolute Gasteiger partial charge is 0.231 e. The van der Waals surface area contributed by atoms with Crippen molar-refractivity contribution < 1.29 is 9.53 Å². The number of hydrogen-bond acceptors (Lipinski definition) is 2. The summed E-state index contributed by atoms with van der Waals surface area (Å²) in [5.41, 5.74) is 0.999. The Kier molecular flexibility index (Phi) is 5.46. The standard InChI is InChI=1S/C16H22BrNO2/c1-3-11(4-2)14(17)9-18-16(19)13-10-20-15-8-6-5-7-12(13)15/h5-8,11,13-14H,3-4,9-10H2,1-2H3,(H,18,19). The number of hydrogen-bond donors (Lipinski definition) is 1. The molecule has 0 saturated carbocycles. The van der Waals surface area contributed by atoms with E-state index in [1.807, 2.05) is 24.3 Å². The lowest BCUT2D eigenvalue weighted by atomic mass is 9.98. The highest BCUT2D eigenvalue weighted by atomic mass is 79.9. The summed E-state index contributed by atoms with van der Waals surface area (Å²) in [6.45, 7) is 5.49. The predicted octanol–water partition coefficient (Wildman–Crippen LogP) is 3.48. The Balaban J connectivity index is 1.91. The lowest BCUT2D eigenvalue weighted by Crippen LogP contribution is -2.36. The van der Waals surface area contributed by atoms with E-state index in [1.54, 1.807) is 0 Å². The first-order chi connectivity index (χ1) is 9.67. The van der Waals surface area contributed by atoms with Crippen molar-refractivity contribution in [2.45, 2.75) is 37.4 Å². The van der Waals surface area contributed by atoms with Gasteiger partial charge in [-0.25, -0.2) is 0 Å². The van der Waals surface area contributed by atoms with Gasteiger partial charge in [0.15, 0.2) is 0 Å². The fourth-order valence-corrected chi connectivity index (χ4v) is 3.58. The molecular weight excluding hydrogens is 318 g/mol. The SMILES string of the molecule is CCC(CC)C(Br)CNC(=O)C1COc2ccccc21. The molecule has 4 heteroatoms. The van der Waals surface area contributed by atoms with Crippen molar-refractivity contribution in [2.75, 3.05) is 13.2 Å². The molecule has 2 rings (SSSR count). The van der Waals surface area contributed by atoms with Crippen molar-refractivity contribution >= 4 is 21.8 Å². The third-order valence-corrected chi connectivity index (χ3v) is 5.12. The molecule has 0 bridgehead atoms. The molecule has 0 aliphatic carbocycles. The van der Waals surface area contributed by atoms with Gasteiger partial charge < -0.3 is 10.1 Å². The number of halogens is 1. The normalized spacial score (nSPS) is 18.5. The lowest BCUT2D eigenvalue weighted by Gasteiger charge is -2.20. The van der Waals surface area contributed by atoms with E-state index >= 15 is 0 Å². The number of nitrogens with one attached hydrogen (secondary N) is 1. The Labute approximate surface area is 129 Å². The summed E-state index contributed by atoms with van der Waals surface area (Å²) < 4.78 is 5.56. The first kappa shape index (κ1) is 15.4. The Bertz CT molecular complexity index is 460. The Morgan fingerprint density at radius 2 is 2.10 bits per heavy atom. The second kappa shape index (κ2) is 7.11. The van der Waals surface area contributed by atoms with Gasteiger partial charge in [-0.05, 0) is 12.0 Å². The van der Waals surface area contributed by atoms with E-state index in [0.29, 0.717) is 23.9 Å². The molecule has 1 aromatic rings. The van der Waals surface area contributed by atoms with E-state index in [4.69, 9.17) is 4.74 Å². The first-order valence-electron chi connectivity index (χ1n) is 7.30. The quantitative estimate of drug-likeness (QED) is 0.805. The number of ether oxygens (including phenoxy) is 1. The fourth-order valence-electron chi connectivity index (χ4n) is 2.67. The summed E-state index contributed by atoms with van der Waals surface area (Å²) in [6, 6.07) is 7.77. The molecule has 1 N–H and O–H groups in total. The Morgan fingerprint density at radius 1 is 1.40 bits per heavy atom. The highest BCUT2D eigenvalue weighted by molar-refractivity contribution is 9.09. The van der Waals surface area contributed by atoms with Gasteiger partial charge in [0, 0.05) is 16.9 Å². The molecule has 0 radical (unpaired) electrons. The minimum Gasteiger partial charge on any atom is -0.492 e. The first-order valence-corrected chi connectivity index (χ1v) is 8.22. The van der Waals surface area contributed by atoms with E-state index in [9.17, 15) is 4.79 Å². The highest BCUT2D eigenvalue weighted by Gasteiger charge is 2.30. The number of amides is 1. The summed E-state index contributed by atoms with van der Waals surface area (Å²) in [5.74, 6) is 1.32. The molecule has 0 spiro atoms. The summed E-state index contributed by atoms with van der Waals surface area (Å²) in [4.78, 5) is 12.6. The summed E-state index contributed by atoms with van der Waals surface area (Å²) in [7, 11) is 0. The summed E-state index contributed by atoms with van der Waals surface area (Å²) >= 11 is 3.69. The molecule has 2 unspecified atom stereocenters. The highest BCUT2D eigenvalue weighted by Crippen LogP contribution is 2.33. The zero-order valence-corrected chi connectivity index (χ0v) is 13.7. The average Bonchev–Trinajstić information content (AvgIpc) is 2.90. The van der Waals surface area contributed by atoms with E-state index in [2.05, 4.69) is 35.1 Å². The summed E-state index contributed by atoms with van der Waals surface area (Å²) in [5, 5.41) is 3.05. The predicted molar refractivity (Wildman–Crippen MR) is 84.5 cm³/mol. The number of benzene rings is 1. The second-order valence-electron chi connectivity index (χ2n) is 5.24. The van der Waals surface area contributed by atoms with Gasteiger partial charge in [0.05, 0.1) is 0 Å². The molecule has 20 heavy (non-hydrogen) atoms. The molecule has 0 saturated heterocycles. The molecule has 1 aliphatic heterocycles. The van der Waals surface area contributed by atoms with Crippen LogP contribution in [0.25, 0.3) is 0 Å². The second-order valence-corrected chi connectivity index (χ2v) is 6.42. The number of fused-ring (bicyclic) bond motifs is 1. The molecule has 3 nitrogen and oxygen atoms in total. The zero-order chi connectivity index (χ0) is 14.5. The van der Waals surface area contributed by atoms with Crippen LogP contribution in [0.3, 0.4) is 0 Å². The molecule has 110 valence electrons. The van der Waals surface area contributed by atoms with Crippen LogP contribution in [0.2, 0.25) is 0 Å². The van der Waals surface area contributed by atoms with Crippen LogP contribution in [-0.4, -0.2) is 23.9 Å². The molecule has 1 heterocycles. The van der Waals surface area contributed by atoms with E-state index < -0.39 is 0 Å². The van der Waals surface area contributed by atoms with E-state index in [-0.39, 0.29) is 11.8 Å². The van der Waals surface area contributed by atoms with Crippen LogP contribution < -0.4 is 10.1 Å². The van der Waals surface area contributed by atoms with Crippen molar-refractivity contribution in [3.05, 3.63) is 29.8 Å². The van der Waals surface area contributed by atoms with Crippen LogP contribution in [0, 0.1) is 5.92 Å². The largest absolute Gasteiger partial charge is 0.492 e. The number of carbonyl (C=O) groups excluding carboxylic acids is 1. The van der Waals surface area contributed by atoms with Crippen LogP contribution in [0.15, 0.2) is 24.3 Å². The van der Waals surface area contributed by atoms with Gasteiger partial charge in [0.1, 0.15) is 18.3 Å². The molecule has 0 aromatic heterocycles. The number of rotatable bonds is 6. The van der Waals surface area contributed by atoms with Gasteiger partial charge in [-0.2, -0.15) is 0 Å². The van der Waals surface area contributed by atoms with Crippen LogP contribution >= 0.6 is 15.9 Å². The molecular formula is C16H22BrNO2. The zero-order valence-electron chi connectivity index (χ0n) is 12.1. The Morgan fingerprint density at radius 3 is 2.80 bits per heavy atom. The van der Waals surface area contributed by atoms with Gasteiger partial charge >= 0.3 is 0 Å². The van der Waals surface area contributed by atoms with Crippen molar-refractivity contribution in [2.24, 2.45) is 5.92 Å². The number of para-hydroxylation sites is 1. The Hall–Kier alpha value is -1.03. The van der Waals surface area contributed by atoms with Crippen LogP contribution in [0.4, 0.5) is 0 Å². The fraction of sp³-hybridized carbons (Fsp3) is 0.562. The van der Waals surface area contributed by atoms with Crippen molar-refractivity contribution in [3.8, 4) is 5.75 Å². The van der Waals surface area contributed by atoms with Gasteiger partial charge in [0.2, 0.25) is 5.91 Å². The number of alkyl halides is 1. The molecule has 0 fully saturated rings. The molecule has 1 amide bonds. The van der Waals surface area contributed by atoms with E-state index in [0.717, 1.165) is 24.2 Å². The minimum absolute atomic E-state index is 0.0605. The third-order valence-electron chi connectivity index (χ3n) is 4.05.